The van der Waals surface area contributed by atoms with Gasteiger partial charge in [-0.1, -0.05) is 12.1 Å². The molecule has 0 fully saturated rings. The van der Waals surface area contributed by atoms with Gasteiger partial charge in [-0.3, -0.25) is 10.1 Å². The van der Waals surface area contributed by atoms with Crippen LogP contribution in [-0.2, 0) is 6.54 Å². The van der Waals surface area contributed by atoms with Crippen LogP contribution in [0.25, 0.3) is 0 Å². The molecule has 0 unspecified atom stereocenters. The predicted molar refractivity (Wildman–Crippen MR) is 43.8 cm³/mol. The van der Waals surface area contributed by atoms with Crippen molar-refractivity contribution >= 4 is 0 Å². The van der Waals surface area contributed by atoms with Gasteiger partial charge < -0.3 is 4.74 Å². The smallest absolute Gasteiger partial charge is 0.405 e. The number of alkyl halides is 3. The lowest BCUT2D eigenvalue weighted by molar-refractivity contribution is -0.497. The maximum Gasteiger partial charge on any atom is 0.573 e. The third-order valence-corrected chi connectivity index (χ3v) is 1.50. The summed E-state index contributed by atoms with van der Waals surface area (Å²) < 4.78 is 39.2. The first-order valence-corrected chi connectivity index (χ1v) is 3.84. The fourth-order valence-corrected chi connectivity index (χ4v) is 0.998. The van der Waals surface area contributed by atoms with Crippen molar-refractivity contribution in [1.82, 2.24) is 0 Å². The average molecular weight is 221 g/mol. The highest BCUT2D eigenvalue weighted by Crippen LogP contribution is 2.26. The number of halogens is 3. The Morgan fingerprint density at radius 3 is 2.47 bits per heavy atom. The van der Waals surface area contributed by atoms with Gasteiger partial charge in [-0.25, -0.2) is 0 Å². The molecule has 0 saturated heterocycles. The highest BCUT2D eigenvalue weighted by atomic mass is 19.4. The molecule has 7 heteroatoms. The molecule has 0 atom stereocenters. The molecular weight excluding hydrogens is 215 g/mol. The first kappa shape index (κ1) is 11.3. The largest absolute Gasteiger partial charge is 0.573 e. The third-order valence-electron chi connectivity index (χ3n) is 1.50. The van der Waals surface area contributed by atoms with E-state index in [4.69, 9.17) is 0 Å². The molecule has 0 aromatic heterocycles. The minimum Gasteiger partial charge on any atom is -0.405 e. The minimum atomic E-state index is -4.84. The normalized spacial score (nSPS) is 11.1. The van der Waals surface area contributed by atoms with Crippen LogP contribution in [0.1, 0.15) is 5.56 Å². The molecule has 1 rings (SSSR count). The van der Waals surface area contributed by atoms with Crippen molar-refractivity contribution in [3.05, 3.63) is 39.9 Å². The van der Waals surface area contributed by atoms with Crippen LogP contribution < -0.4 is 4.74 Å². The van der Waals surface area contributed by atoms with Crippen LogP contribution in [0.4, 0.5) is 13.2 Å². The van der Waals surface area contributed by atoms with E-state index in [-0.39, 0.29) is 5.56 Å². The van der Waals surface area contributed by atoms with Crippen LogP contribution in [0, 0.1) is 10.1 Å². The van der Waals surface area contributed by atoms with Crippen molar-refractivity contribution in [2.75, 3.05) is 0 Å². The van der Waals surface area contributed by atoms with E-state index in [1.54, 1.807) is 0 Å². The zero-order chi connectivity index (χ0) is 11.5. The van der Waals surface area contributed by atoms with Gasteiger partial charge in [-0.2, -0.15) is 0 Å². The molecule has 15 heavy (non-hydrogen) atoms. The first-order chi connectivity index (χ1) is 6.88. The van der Waals surface area contributed by atoms with Crippen molar-refractivity contribution in [2.24, 2.45) is 0 Å². The zero-order valence-corrected chi connectivity index (χ0v) is 7.32. The van der Waals surface area contributed by atoms with E-state index in [1.165, 1.54) is 18.2 Å². The number of para-hydroxylation sites is 1. The van der Waals surface area contributed by atoms with Gasteiger partial charge in [0.05, 0.1) is 5.56 Å². The highest BCUT2D eigenvalue weighted by molar-refractivity contribution is 5.32. The van der Waals surface area contributed by atoms with E-state index in [0.29, 0.717) is 0 Å². The summed E-state index contributed by atoms with van der Waals surface area (Å²) in [5.74, 6) is -0.540. The molecule has 82 valence electrons. The minimum absolute atomic E-state index is 0.111. The lowest BCUT2D eigenvalue weighted by atomic mass is 10.2. The number of nitrogens with zero attached hydrogens (tertiary/aromatic N) is 1. The van der Waals surface area contributed by atoms with Crippen LogP contribution in [0.15, 0.2) is 24.3 Å². The molecule has 0 radical (unpaired) electrons. The van der Waals surface area contributed by atoms with Crippen LogP contribution >= 0.6 is 0 Å². The number of benzene rings is 1. The molecule has 1 aromatic carbocycles. The summed E-state index contributed by atoms with van der Waals surface area (Å²) in [5, 5.41) is 10.2. The maximum atomic E-state index is 11.9. The summed E-state index contributed by atoms with van der Waals surface area (Å²) in [6, 6.07) is 4.96. The second kappa shape index (κ2) is 4.16. The molecule has 0 aliphatic carbocycles. The fourth-order valence-electron chi connectivity index (χ4n) is 0.998. The lowest BCUT2D eigenvalue weighted by Crippen LogP contribution is -2.18. The van der Waals surface area contributed by atoms with E-state index >= 15 is 0 Å². The summed E-state index contributed by atoms with van der Waals surface area (Å²) in [6.07, 6.45) is -4.84. The van der Waals surface area contributed by atoms with E-state index < -0.39 is 23.6 Å². The molecule has 0 N–H and O–H groups in total. The number of hydrogen-bond acceptors (Lipinski definition) is 3. The van der Waals surface area contributed by atoms with Gasteiger partial charge in [0.15, 0.2) is 0 Å². The Bertz CT molecular complexity index is 364. The first-order valence-electron chi connectivity index (χ1n) is 3.84. The van der Waals surface area contributed by atoms with Crippen molar-refractivity contribution in [2.45, 2.75) is 12.9 Å². The SMILES string of the molecule is O=[N+]([O-])Cc1ccccc1OC(F)(F)F. The number of ether oxygens (including phenoxy) is 1. The number of rotatable bonds is 3. The Labute approximate surface area is 82.4 Å². The predicted octanol–water partition coefficient (Wildman–Crippen LogP) is 2.36. The summed E-state index contributed by atoms with van der Waals surface area (Å²) >= 11 is 0. The van der Waals surface area contributed by atoms with E-state index in [2.05, 4.69) is 4.74 Å². The van der Waals surface area contributed by atoms with Crippen LogP contribution in [0.3, 0.4) is 0 Å². The van der Waals surface area contributed by atoms with Crippen molar-refractivity contribution in [1.29, 1.82) is 0 Å². The lowest BCUT2D eigenvalue weighted by Gasteiger charge is -2.10. The third kappa shape index (κ3) is 3.84. The van der Waals surface area contributed by atoms with Gasteiger partial charge in [0.1, 0.15) is 5.75 Å². The second-order valence-electron chi connectivity index (χ2n) is 2.65. The fraction of sp³-hybridized carbons (Fsp3) is 0.250. The van der Waals surface area contributed by atoms with Crippen molar-refractivity contribution < 1.29 is 22.8 Å². The van der Waals surface area contributed by atoms with Crippen LogP contribution in [-0.4, -0.2) is 11.3 Å². The van der Waals surface area contributed by atoms with Gasteiger partial charge in [0, 0.05) is 4.92 Å². The summed E-state index contributed by atoms with van der Waals surface area (Å²) in [5.41, 5.74) is -0.111. The highest BCUT2D eigenvalue weighted by Gasteiger charge is 2.32. The van der Waals surface area contributed by atoms with Gasteiger partial charge in [-0.05, 0) is 12.1 Å². The Morgan fingerprint density at radius 2 is 1.93 bits per heavy atom. The van der Waals surface area contributed by atoms with Crippen molar-refractivity contribution in [3.63, 3.8) is 0 Å². The van der Waals surface area contributed by atoms with Crippen LogP contribution in [0.2, 0.25) is 0 Å². The Kier molecular flexibility index (Phi) is 3.13. The van der Waals surface area contributed by atoms with E-state index in [1.807, 2.05) is 0 Å². The van der Waals surface area contributed by atoms with Crippen LogP contribution in [0.5, 0.6) is 5.75 Å². The molecule has 0 bridgehead atoms. The maximum absolute atomic E-state index is 11.9. The summed E-state index contributed by atoms with van der Waals surface area (Å²) in [4.78, 5) is 9.43. The number of hydrogen-bond donors (Lipinski definition) is 0. The van der Waals surface area contributed by atoms with Gasteiger partial charge in [-0.15, -0.1) is 13.2 Å². The topological polar surface area (TPSA) is 52.4 Å². The molecule has 0 amide bonds. The van der Waals surface area contributed by atoms with Gasteiger partial charge in [0.25, 0.3) is 0 Å². The van der Waals surface area contributed by atoms with Gasteiger partial charge >= 0.3 is 6.36 Å². The summed E-state index contributed by atoms with van der Waals surface area (Å²) in [7, 11) is 0. The molecule has 0 saturated carbocycles. The second-order valence-corrected chi connectivity index (χ2v) is 2.65. The molecular formula is C8H6F3NO3. The molecule has 1 aromatic rings. The quantitative estimate of drug-likeness (QED) is 0.581. The molecule has 0 aliphatic rings. The zero-order valence-electron chi connectivity index (χ0n) is 7.32. The Balaban J connectivity index is 2.91. The van der Waals surface area contributed by atoms with Crippen molar-refractivity contribution in [3.8, 4) is 5.75 Å². The Morgan fingerprint density at radius 1 is 1.33 bits per heavy atom. The van der Waals surface area contributed by atoms with E-state index in [0.717, 1.165) is 6.07 Å². The molecule has 0 spiro atoms. The van der Waals surface area contributed by atoms with E-state index in [9.17, 15) is 23.3 Å². The molecule has 0 heterocycles. The average Bonchev–Trinajstić information content (AvgIpc) is 2.05. The Hall–Kier alpha value is -1.79. The monoisotopic (exact) mass is 221 g/mol. The standard InChI is InChI=1S/C8H6F3NO3/c9-8(10,11)15-7-4-2-1-3-6(7)5-12(13)14/h1-4H,5H2. The molecule has 4 nitrogen and oxygen atoms in total. The number of nitro groups is 1. The van der Waals surface area contributed by atoms with Gasteiger partial charge in [0.2, 0.25) is 6.54 Å². The summed E-state index contributed by atoms with van der Waals surface area (Å²) in [6.45, 7) is -0.702. The molecule has 0 aliphatic heterocycles.